The Balaban J connectivity index is 2.21. The SMILES string of the molecule is O=C(NCN=S(=O)=O)C1CC1. The molecule has 0 aromatic rings. The van der Waals surface area contributed by atoms with Crippen molar-refractivity contribution < 1.29 is 13.2 Å². The minimum atomic E-state index is -2.41. The fraction of sp³-hybridized carbons (Fsp3) is 0.800. The number of amides is 1. The number of nitrogens with zero attached hydrogens (tertiary/aromatic N) is 1. The first-order valence-electron chi connectivity index (χ1n) is 3.24. The fourth-order valence-corrected chi connectivity index (χ4v) is 0.823. The van der Waals surface area contributed by atoms with Crippen LogP contribution in [-0.2, 0) is 15.3 Å². The summed E-state index contributed by atoms with van der Waals surface area (Å²) in [7, 11) is -2.41. The van der Waals surface area contributed by atoms with Gasteiger partial charge in [0.15, 0.2) is 0 Å². The Morgan fingerprint density at radius 1 is 1.55 bits per heavy atom. The average Bonchev–Trinajstić information content (AvgIpc) is 2.66. The highest BCUT2D eigenvalue weighted by Crippen LogP contribution is 2.28. The van der Waals surface area contributed by atoms with Gasteiger partial charge in [-0.3, -0.25) is 4.79 Å². The van der Waals surface area contributed by atoms with Gasteiger partial charge in [-0.15, -0.1) is 0 Å². The molecule has 1 rings (SSSR count). The van der Waals surface area contributed by atoms with Crippen molar-refractivity contribution in [3.05, 3.63) is 0 Å². The number of nitrogens with one attached hydrogen (secondary N) is 1. The molecule has 1 N–H and O–H groups in total. The Morgan fingerprint density at radius 2 is 2.18 bits per heavy atom. The van der Waals surface area contributed by atoms with Gasteiger partial charge in [0.25, 0.3) is 0 Å². The maximum atomic E-state index is 10.8. The summed E-state index contributed by atoms with van der Waals surface area (Å²) >= 11 is 0. The van der Waals surface area contributed by atoms with Crippen LogP contribution in [0.4, 0.5) is 0 Å². The van der Waals surface area contributed by atoms with Crippen molar-refractivity contribution in [3.63, 3.8) is 0 Å². The highest BCUT2D eigenvalue weighted by atomic mass is 32.2. The second-order valence-corrected chi connectivity index (χ2v) is 3.01. The van der Waals surface area contributed by atoms with Crippen molar-refractivity contribution in [3.8, 4) is 0 Å². The molecular weight excluding hydrogens is 168 g/mol. The third-order valence-corrected chi connectivity index (χ3v) is 1.71. The summed E-state index contributed by atoms with van der Waals surface area (Å²) < 4.78 is 22.8. The summed E-state index contributed by atoms with van der Waals surface area (Å²) in [6, 6.07) is 0. The number of hydrogen-bond donors (Lipinski definition) is 1. The standard InChI is InChI=1S/C5H8N2O3S/c8-5(4-1-2-4)6-3-7-11(9)10/h4H,1-3H2,(H,6,8). The smallest absolute Gasteiger partial charge is 0.312 e. The van der Waals surface area contributed by atoms with Crippen LogP contribution in [0.5, 0.6) is 0 Å². The van der Waals surface area contributed by atoms with E-state index in [1.165, 1.54) is 0 Å². The van der Waals surface area contributed by atoms with Crippen molar-refractivity contribution in [2.24, 2.45) is 10.3 Å². The van der Waals surface area contributed by atoms with Gasteiger partial charge in [-0.05, 0) is 12.8 Å². The largest absolute Gasteiger partial charge is 0.336 e. The molecule has 1 aliphatic carbocycles. The van der Waals surface area contributed by atoms with Gasteiger partial charge in [0.05, 0.1) is 0 Å². The zero-order chi connectivity index (χ0) is 8.27. The minimum Gasteiger partial charge on any atom is -0.336 e. The molecule has 0 bridgehead atoms. The van der Waals surface area contributed by atoms with Crippen molar-refractivity contribution >= 4 is 16.4 Å². The number of carbonyl (C=O) groups excluding carboxylic acids is 1. The molecule has 6 heteroatoms. The molecule has 0 atom stereocenters. The Kier molecular flexibility index (Phi) is 2.58. The van der Waals surface area contributed by atoms with Crippen LogP contribution < -0.4 is 5.32 Å². The monoisotopic (exact) mass is 176 g/mol. The lowest BCUT2D eigenvalue weighted by Crippen LogP contribution is -2.24. The zero-order valence-corrected chi connectivity index (χ0v) is 6.60. The molecule has 1 amide bonds. The second-order valence-electron chi connectivity index (χ2n) is 2.32. The molecule has 0 spiro atoms. The predicted octanol–water partition coefficient (Wildman–Crippen LogP) is -0.467. The van der Waals surface area contributed by atoms with E-state index in [0.717, 1.165) is 12.8 Å². The van der Waals surface area contributed by atoms with Crippen LogP contribution in [0, 0.1) is 5.92 Å². The molecule has 0 heterocycles. The summed E-state index contributed by atoms with van der Waals surface area (Å²) in [5.41, 5.74) is 0. The van der Waals surface area contributed by atoms with E-state index in [4.69, 9.17) is 0 Å². The van der Waals surface area contributed by atoms with Crippen LogP contribution in [0.2, 0.25) is 0 Å². The van der Waals surface area contributed by atoms with E-state index in [1.54, 1.807) is 0 Å². The van der Waals surface area contributed by atoms with Gasteiger partial charge in [-0.25, -0.2) is 0 Å². The van der Waals surface area contributed by atoms with Crippen LogP contribution in [0.25, 0.3) is 0 Å². The first kappa shape index (κ1) is 8.19. The molecule has 11 heavy (non-hydrogen) atoms. The molecule has 0 radical (unpaired) electrons. The molecule has 5 nitrogen and oxygen atoms in total. The van der Waals surface area contributed by atoms with E-state index in [0.29, 0.717) is 0 Å². The van der Waals surface area contributed by atoms with Crippen molar-refractivity contribution in [2.45, 2.75) is 12.8 Å². The lowest BCUT2D eigenvalue weighted by Gasteiger charge is -1.95. The fourth-order valence-electron chi connectivity index (χ4n) is 0.653. The van der Waals surface area contributed by atoms with Gasteiger partial charge < -0.3 is 5.32 Å². The highest BCUT2D eigenvalue weighted by molar-refractivity contribution is 7.61. The van der Waals surface area contributed by atoms with Gasteiger partial charge in [-0.2, -0.15) is 12.8 Å². The Labute approximate surface area is 65.5 Å². The van der Waals surface area contributed by atoms with E-state index < -0.39 is 10.5 Å². The molecule has 0 aromatic heterocycles. The van der Waals surface area contributed by atoms with Crippen molar-refractivity contribution in [1.29, 1.82) is 0 Å². The molecule has 62 valence electrons. The molecular formula is C5H8N2O3S. The van der Waals surface area contributed by atoms with Crippen LogP contribution in [0.15, 0.2) is 4.36 Å². The van der Waals surface area contributed by atoms with E-state index in [9.17, 15) is 13.2 Å². The van der Waals surface area contributed by atoms with Crippen LogP contribution in [0.1, 0.15) is 12.8 Å². The van der Waals surface area contributed by atoms with Crippen LogP contribution in [0.3, 0.4) is 0 Å². The summed E-state index contributed by atoms with van der Waals surface area (Å²) in [6.45, 7) is -0.133. The Morgan fingerprint density at radius 3 is 2.64 bits per heavy atom. The highest BCUT2D eigenvalue weighted by Gasteiger charge is 2.28. The summed E-state index contributed by atoms with van der Waals surface area (Å²) in [5, 5.41) is 2.38. The minimum absolute atomic E-state index is 0.0980. The lowest BCUT2D eigenvalue weighted by molar-refractivity contribution is -0.122. The maximum absolute atomic E-state index is 10.8. The second kappa shape index (κ2) is 3.47. The topological polar surface area (TPSA) is 75.6 Å². The lowest BCUT2D eigenvalue weighted by atomic mass is 10.4. The molecule has 0 aliphatic heterocycles. The van der Waals surface area contributed by atoms with Gasteiger partial charge in [-0.1, -0.05) is 0 Å². The van der Waals surface area contributed by atoms with Crippen molar-refractivity contribution in [2.75, 3.05) is 6.67 Å². The van der Waals surface area contributed by atoms with Crippen LogP contribution >= 0.6 is 0 Å². The van der Waals surface area contributed by atoms with Gasteiger partial charge in [0, 0.05) is 5.92 Å². The summed E-state index contributed by atoms with van der Waals surface area (Å²) in [4.78, 5) is 10.8. The van der Waals surface area contributed by atoms with E-state index in [2.05, 4.69) is 9.68 Å². The Hall–Kier alpha value is -0.910. The molecule has 0 aromatic carbocycles. The maximum Gasteiger partial charge on any atom is 0.312 e. The van der Waals surface area contributed by atoms with E-state index in [-0.39, 0.29) is 18.5 Å². The molecule has 1 saturated carbocycles. The average molecular weight is 176 g/mol. The van der Waals surface area contributed by atoms with Gasteiger partial charge in [0.2, 0.25) is 5.91 Å². The first-order chi connectivity index (χ1) is 5.20. The van der Waals surface area contributed by atoms with Crippen molar-refractivity contribution in [1.82, 2.24) is 5.32 Å². The van der Waals surface area contributed by atoms with Crippen LogP contribution in [-0.4, -0.2) is 21.0 Å². The summed E-state index contributed by atoms with van der Waals surface area (Å²) in [6.07, 6.45) is 1.82. The predicted molar refractivity (Wildman–Crippen MR) is 37.1 cm³/mol. The molecule has 0 saturated heterocycles. The Bertz CT molecular complexity index is 270. The molecule has 1 aliphatic rings. The summed E-state index contributed by atoms with van der Waals surface area (Å²) in [5.74, 6) is 0.00416. The number of rotatable bonds is 3. The quantitative estimate of drug-likeness (QED) is 0.631. The normalized spacial score (nSPS) is 15.6. The first-order valence-corrected chi connectivity index (χ1v) is 4.28. The van der Waals surface area contributed by atoms with E-state index >= 15 is 0 Å². The van der Waals surface area contributed by atoms with Gasteiger partial charge >= 0.3 is 10.5 Å². The molecule has 1 fully saturated rings. The number of hydrogen-bond acceptors (Lipinski definition) is 4. The third kappa shape index (κ3) is 3.13. The third-order valence-electron chi connectivity index (χ3n) is 1.37. The van der Waals surface area contributed by atoms with E-state index in [1.807, 2.05) is 0 Å². The number of carbonyl (C=O) groups is 1. The van der Waals surface area contributed by atoms with Gasteiger partial charge in [0.1, 0.15) is 6.67 Å². The molecule has 0 unspecified atom stereocenters. The zero-order valence-electron chi connectivity index (χ0n) is 5.78.